The number of para-hydroxylation sites is 1. The second kappa shape index (κ2) is 6.05. The smallest absolute Gasteiger partial charge is 0.278 e. The van der Waals surface area contributed by atoms with Gasteiger partial charge in [0.05, 0.1) is 5.39 Å². The molecule has 7 nitrogen and oxygen atoms in total. The summed E-state index contributed by atoms with van der Waals surface area (Å²) in [7, 11) is 0. The maximum absolute atomic E-state index is 12.8. The highest BCUT2D eigenvalue weighted by molar-refractivity contribution is 5.86. The number of nitrogens with one attached hydrogen (secondary N) is 1. The predicted molar refractivity (Wildman–Crippen MR) is 101 cm³/mol. The fourth-order valence-electron chi connectivity index (χ4n) is 3.73. The summed E-state index contributed by atoms with van der Waals surface area (Å²) in [5.74, 6) is -0.127. The topological polar surface area (TPSA) is 83.9 Å². The van der Waals surface area contributed by atoms with Crippen LogP contribution in [0, 0.1) is 0 Å². The molecule has 0 saturated carbocycles. The third kappa shape index (κ3) is 2.59. The average molecular weight is 359 g/mol. The van der Waals surface area contributed by atoms with Gasteiger partial charge in [0, 0.05) is 41.7 Å². The van der Waals surface area contributed by atoms with Crippen molar-refractivity contribution < 1.29 is 4.79 Å². The minimum atomic E-state index is -0.293. The Morgan fingerprint density at radius 3 is 2.74 bits per heavy atom. The lowest BCUT2D eigenvalue weighted by atomic mass is 10.0. The number of nitrogens with zero attached hydrogens (tertiary/aromatic N) is 4. The molecule has 4 aromatic rings. The van der Waals surface area contributed by atoms with Crippen LogP contribution in [0.3, 0.4) is 0 Å². The Kier molecular flexibility index (Phi) is 3.53. The van der Waals surface area contributed by atoms with Gasteiger partial charge in [0.1, 0.15) is 12.1 Å². The van der Waals surface area contributed by atoms with Crippen molar-refractivity contribution in [3.8, 4) is 0 Å². The van der Waals surface area contributed by atoms with Crippen LogP contribution >= 0.6 is 0 Å². The minimum Gasteiger partial charge on any atom is -0.358 e. The Bertz CT molecular complexity index is 1240. The number of rotatable bonds is 2. The molecule has 1 aliphatic heterocycles. The predicted octanol–water partition coefficient (Wildman–Crippen LogP) is 1.86. The number of amides is 1. The molecular weight excluding hydrogens is 342 g/mol. The zero-order chi connectivity index (χ0) is 18.4. The minimum absolute atomic E-state index is 0.103. The maximum Gasteiger partial charge on any atom is 0.278 e. The van der Waals surface area contributed by atoms with Gasteiger partial charge in [-0.1, -0.05) is 35.5 Å². The molecule has 0 fully saturated rings. The van der Waals surface area contributed by atoms with Crippen molar-refractivity contribution in [2.75, 3.05) is 6.54 Å². The molecular formula is C20H17N5O2. The second-order valence-corrected chi connectivity index (χ2v) is 6.76. The molecule has 1 amide bonds. The number of aromatic amines is 1. The number of aromatic nitrogens is 4. The standard InChI is InChI=1S/C20H17N5O2/c26-19(12-25-20(27)14-6-2-4-8-18(14)22-23-25)24-10-9-17-15(11-24)13-5-1-3-7-16(13)21-17/h1-8,21H,9-12H2. The lowest BCUT2D eigenvalue weighted by Gasteiger charge is -2.27. The fourth-order valence-corrected chi connectivity index (χ4v) is 3.73. The van der Waals surface area contributed by atoms with E-state index in [1.54, 1.807) is 29.2 Å². The Labute approximate surface area is 154 Å². The van der Waals surface area contributed by atoms with Crippen LogP contribution in [0.5, 0.6) is 0 Å². The summed E-state index contributed by atoms with van der Waals surface area (Å²) in [4.78, 5) is 30.6. The molecule has 2 aromatic carbocycles. The summed E-state index contributed by atoms with van der Waals surface area (Å²) in [6, 6.07) is 15.1. The summed E-state index contributed by atoms with van der Waals surface area (Å²) in [5, 5.41) is 9.59. The highest BCUT2D eigenvalue weighted by Crippen LogP contribution is 2.27. The van der Waals surface area contributed by atoms with E-state index in [2.05, 4.69) is 21.4 Å². The van der Waals surface area contributed by atoms with Gasteiger partial charge >= 0.3 is 0 Å². The fraction of sp³-hybridized carbons (Fsp3) is 0.200. The van der Waals surface area contributed by atoms with Gasteiger partial charge in [-0.05, 0) is 18.2 Å². The van der Waals surface area contributed by atoms with Crippen molar-refractivity contribution in [1.82, 2.24) is 24.9 Å². The SMILES string of the molecule is O=C(Cn1nnc2ccccc2c1=O)N1CCc2[nH]c3ccccc3c2C1. The summed E-state index contributed by atoms with van der Waals surface area (Å²) in [6.07, 6.45) is 0.772. The lowest BCUT2D eigenvalue weighted by molar-refractivity contribution is -0.133. The molecule has 0 bridgehead atoms. The van der Waals surface area contributed by atoms with Crippen LogP contribution in [0.1, 0.15) is 11.3 Å². The van der Waals surface area contributed by atoms with Gasteiger partial charge in [0.2, 0.25) is 5.91 Å². The zero-order valence-corrected chi connectivity index (χ0v) is 14.6. The first-order valence-corrected chi connectivity index (χ1v) is 8.89. The number of hydrogen-bond acceptors (Lipinski definition) is 4. The number of fused-ring (bicyclic) bond motifs is 4. The monoisotopic (exact) mass is 359 g/mol. The van der Waals surface area contributed by atoms with E-state index >= 15 is 0 Å². The first kappa shape index (κ1) is 15.7. The van der Waals surface area contributed by atoms with Gasteiger partial charge < -0.3 is 9.88 Å². The van der Waals surface area contributed by atoms with Gasteiger partial charge in [-0.2, -0.15) is 0 Å². The van der Waals surface area contributed by atoms with Crippen LogP contribution in [0.2, 0.25) is 0 Å². The molecule has 0 saturated heterocycles. The number of H-pyrrole nitrogens is 1. The largest absolute Gasteiger partial charge is 0.358 e. The second-order valence-electron chi connectivity index (χ2n) is 6.76. The van der Waals surface area contributed by atoms with Gasteiger partial charge in [-0.15, -0.1) is 5.10 Å². The van der Waals surface area contributed by atoms with Crippen molar-refractivity contribution in [2.45, 2.75) is 19.5 Å². The molecule has 2 aromatic heterocycles. The van der Waals surface area contributed by atoms with Crippen molar-refractivity contribution in [3.05, 3.63) is 70.1 Å². The van der Waals surface area contributed by atoms with Gasteiger partial charge in [0.25, 0.3) is 5.56 Å². The van der Waals surface area contributed by atoms with E-state index in [1.807, 2.05) is 18.2 Å². The van der Waals surface area contributed by atoms with E-state index in [1.165, 1.54) is 5.69 Å². The molecule has 7 heteroatoms. The van der Waals surface area contributed by atoms with Crippen molar-refractivity contribution >= 4 is 27.7 Å². The Morgan fingerprint density at radius 2 is 1.85 bits per heavy atom. The highest BCUT2D eigenvalue weighted by atomic mass is 16.2. The molecule has 3 heterocycles. The molecule has 0 unspecified atom stereocenters. The van der Waals surface area contributed by atoms with Crippen LogP contribution in [0.4, 0.5) is 0 Å². The Morgan fingerprint density at radius 1 is 1.07 bits per heavy atom. The van der Waals surface area contributed by atoms with Crippen LogP contribution in [0.15, 0.2) is 53.3 Å². The summed E-state index contributed by atoms with van der Waals surface area (Å²) in [6.45, 7) is 1.05. The van der Waals surface area contributed by atoms with Gasteiger partial charge in [0.15, 0.2) is 0 Å². The molecule has 5 rings (SSSR count). The molecule has 27 heavy (non-hydrogen) atoms. The number of hydrogen-bond donors (Lipinski definition) is 1. The van der Waals surface area contributed by atoms with E-state index in [0.29, 0.717) is 24.0 Å². The molecule has 1 aliphatic rings. The Hall–Kier alpha value is -3.48. The quantitative estimate of drug-likeness (QED) is 0.592. The number of carbonyl (C=O) groups excluding carboxylic acids is 1. The molecule has 1 N–H and O–H groups in total. The summed E-state index contributed by atoms with van der Waals surface area (Å²) in [5.41, 5.74) is 3.67. The third-order valence-electron chi connectivity index (χ3n) is 5.15. The Balaban J connectivity index is 1.42. The molecule has 0 aliphatic carbocycles. The van der Waals surface area contributed by atoms with E-state index in [0.717, 1.165) is 27.6 Å². The number of benzene rings is 2. The normalized spacial score (nSPS) is 13.9. The zero-order valence-electron chi connectivity index (χ0n) is 14.6. The first-order chi connectivity index (χ1) is 13.2. The summed E-state index contributed by atoms with van der Waals surface area (Å²) < 4.78 is 1.15. The van der Waals surface area contributed by atoms with Crippen molar-refractivity contribution in [3.63, 3.8) is 0 Å². The lowest BCUT2D eigenvalue weighted by Crippen LogP contribution is -2.40. The third-order valence-corrected chi connectivity index (χ3v) is 5.15. The maximum atomic E-state index is 12.8. The average Bonchev–Trinajstić information content (AvgIpc) is 3.08. The van der Waals surface area contributed by atoms with E-state index in [-0.39, 0.29) is 18.0 Å². The van der Waals surface area contributed by atoms with Crippen LogP contribution in [-0.2, 0) is 24.3 Å². The molecule has 0 radical (unpaired) electrons. The molecule has 134 valence electrons. The van der Waals surface area contributed by atoms with Crippen LogP contribution in [-0.4, -0.2) is 37.3 Å². The first-order valence-electron chi connectivity index (χ1n) is 8.89. The van der Waals surface area contributed by atoms with Crippen molar-refractivity contribution in [1.29, 1.82) is 0 Å². The number of carbonyl (C=O) groups is 1. The highest BCUT2D eigenvalue weighted by Gasteiger charge is 2.24. The summed E-state index contributed by atoms with van der Waals surface area (Å²) >= 11 is 0. The van der Waals surface area contributed by atoms with Gasteiger partial charge in [-0.3, -0.25) is 9.59 Å². The molecule has 0 atom stereocenters. The van der Waals surface area contributed by atoms with Crippen LogP contribution < -0.4 is 5.56 Å². The van der Waals surface area contributed by atoms with E-state index in [9.17, 15) is 9.59 Å². The van der Waals surface area contributed by atoms with E-state index < -0.39 is 0 Å². The van der Waals surface area contributed by atoms with Gasteiger partial charge in [-0.25, -0.2) is 4.68 Å². The van der Waals surface area contributed by atoms with Crippen LogP contribution in [0.25, 0.3) is 21.8 Å². The molecule has 0 spiro atoms. The van der Waals surface area contributed by atoms with E-state index in [4.69, 9.17) is 0 Å². The van der Waals surface area contributed by atoms with Crippen molar-refractivity contribution in [2.24, 2.45) is 0 Å².